The van der Waals surface area contributed by atoms with Crippen molar-refractivity contribution in [2.45, 2.75) is 52.7 Å². The molecule has 4 heteroatoms. The van der Waals surface area contributed by atoms with E-state index in [-0.39, 0.29) is 23.5 Å². The number of hydrogen-bond donors (Lipinski definition) is 3. The Kier molecular flexibility index (Phi) is 6.60. The summed E-state index contributed by atoms with van der Waals surface area (Å²) in [5, 5.41) is 15.5. The summed E-state index contributed by atoms with van der Waals surface area (Å²) < 4.78 is 0. The molecule has 96 valence electrons. The first-order chi connectivity index (χ1) is 7.24. The molecule has 0 aliphatic heterocycles. The Labute approximate surface area is 98.8 Å². The minimum atomic E-state index is -0.355. The van der Waals surface area contributed by atoms with E-state index in [0.717, 1.165) is 6.42 Å². The van der Waals surface area contributed by atoms with Crippen molar-refractivity contribution in [1.29, 1.82) is 0 Å². The van der Waals surface area contributed by atoms with Gasteiger partial charge in [-0.3, -0.25) is 4.79 Å². The first-order valence-corrected chi connectivity index (χ1v) is 5.86. The molecule has 0 radical (unpaired) electrons. The van der Waals surface area contributed by atoms with Gasteiger partial charge in [-0.15, -0.1) is 0 Å². The Morgan fingerprint density at radius 3 is 2.38 bits per heavy atom. The molecule has 2 unspecified atom stereocenters. The van der Waals surface area contributed by atoms with Gasteiger partial charge in [0.05, 0.1) is 6.10 Å². The molecule has 0 bridgehead atoms. The maximum Gasteiger partial charge on any atom is 0.221 e. The molecule has 0 aromatic carbocycles. The Morgan fingerprint density at radius 1 is 1.38 bits per heavy atom. The second-order valence-electron chi connectivity index (χ2n) is 5.61. The van der Waals surface area contributed by atoms with Crippen molar-refractivity contribution < 1.29 is 9.90 Å². The molecule has 0 heterocycles. The molecule has 16 heavy (non-hydrogen) atoms. The number of carbonyl (C=O) groups excluding carboxylic acids is 1. The van der Waals surface area contributed by atoms with Crippen molar-refractivity contribution in [2.75, 3.05) is 13.6 Å². The molecular weight excluding hydrogens is 204 g/mol. The van der Waals surface area contributed by atoms with Crippen molar-refractivity contribution in [1.82, 2.24) is 10.6 Å². The third kappa shape index (κ3) is 8.68. The van der Waals surface area contributed by atoms with Crippen LogP contribution >= 0.6 is 0 Å². The average molecular weight is 230 g/mol. The summed E-state index contributed by atoms with van der Waals surface area (Å²) in [6.45, 7) is 8.78. The van der Waals surface area contributed by atoms with E-state index in [1.165, 1.54) is 0 Å². The van der Waals surface area contributed by atoms with Crippen molar-refractivity contribution in [3.63, 3.8) is 0 Å². The van der Waals surface area contributed by atoms with E-state index in [0.29, 0.717) is 13.0 Å². The van der Waals surface area contributed by atoms with Gasteiger partial charge >= 0.3 is 0 Å². The van der Waals surface area contributed by atoms with Gasteiger partial charge in [-0.1, -0.05) is 20.8 Å². The molecular formula is C12H26N2O2. The van der Waals surface area contributed by atoms with Crippen LogP contribution in [0.2, 0.25) is 0 Å². The van der Waals surface area contributed by atoms with Gasteiger partial charge < -0.3 is 15.7 Å². The summed E-state index contributed by atoms with van der Waals surface area (Å²) >= 11 is 0. The highest BCUT2D eigenvalue weighted by Gasteiger charge is 2.17. The van der Waals surface area contributed by atoms with Crippen LogP contribution < -0.4 is 10.6 Å². The van der Waals surface area contributed by atoms with E-state index in [9.17, 15) is 9.90 Å². The standard InChI is InChI=1S/C12H26N2O2/c1-9(6-11(16)13-5)14-8-10(15)7-12(2,3)4/h9-10,14-15H,6-8H2,1-5H3,(H,13,16). The van der Waals surface area contributed by atoms with Crippen LogP contribution in [0, 0.1) is 5.41 Å². The van der Waals surface area contributed by atoms with E-state index in [2.05, 4.69) is 31.4 Å². The number of nitrogens with one attached hydrogen (secondary N) is 2. The Balaban J connectivity index is 3.75. The van der Waals surface area contributed by atoms with E-state index in [1.54, 1.807) is 7.05 Å². The van der Waals surface area contributed by atoms with Crippen molar-refractivity contribution in [3.05, 3.63) is 0 Å². The molecule has 0 rings (SSSR count). The fourth-order valence-electron chi connectivity index (χ4n) is 1.57. The molecule has 4 nitrogen and oxygen atoms in total. The summed E-state index contributed by atoms with van der Waals surface area (Å²) in [5.41, 5.74) is 0.130. The quantitative estimate of drug-likeness (QED) is 0.635. The Morgan fingerprint density at radius 2 is 1.94 bits per heavy atom. The maximum absolute atomic E-state index is 11.1. The van der Waals surface area contributed by atoms with E-state index in [4.69, 9.17) is 0 Å². The fraction of sp³-hybridized carbons (Fsp3) is 0.917. The van der Waals surface area contributed by atoms with Crippen LogP contribution in [0.25, 0.3) is 0 Å². The second-order valence-corrected chi connectivity index (χ2v) is 5.61. The molecule has 0 aliphatic carbocycles. The van der Waals surface area contributed by atoms with Gasteiger partial charge in [0, 0.05) is 26.1 Å². The lowest BCUT2D eigenvalue weighted by atomic mass is 9.89. The summed E-state index contributed by atoms with van der Waals surface area (Å²) in [6, 6.07) is 0.0922. The number of rotatable bonds is 6. The fourth-order valence-corrected chi connectivity index (χ4v) is 1.57. The lowest BCUT2D eigenvalue weighted by molar-refractivity contribution is -0.121. The molecule has 2 atom stereocenters. The second kappa shape index (κ2) is 6.86. The molecule has 0 aromatic rings. The van der Waals surface area contributed by atoms with Gasteiger partial charge in [0.15, 0.2) is 0 Å². The van der Waals surface area contributed by atoms with E-state index < -0.39 is 0 Å². The number of aliphatic hydroxyl groups excluding tert-OH is 1. The van der Waals surface area contributed by atoms with Crippen LogP contribution in [-0.2, 0) is 4.79 Å². The van der Waals surface area contributed by atoms with Gasteiger partial charge in [0.2, 0.25) is 5.91 Å². The molecule has 0 fully saturated rings. The smallest absolute Gasteiger partial charge is 0.221 e. The first-order valence-electron chi connectivity index (χ1n) is 5.86. The zero-order chi connectivity index (χ0) is 12.8. The van der Waals surface area contributed by atoms with Crippen LogP contribution in [0.15, 0.2) is 0 Å². The average Bonchev–Trinajstić information content (AvgIpc) is 2.12. The van der Waals surface area contributed by atoms with Crippen molar-refractivity contribution in [3.8, 4) is 0 Å². The Bertz CT molecular complexity index is 212. The van der Waals surface area contributed by atoms with Gasteiger partial charge in [-0.25, -0.2) is 0 Å². The Hall–Kier alpha value is -0.610. The predicted octanol–water partition coefficient (Wildman–Crippen LogP) is 0.898. The minimum Gasteiger partial charge on any atom is -0.392 e. The lowest BCUT2D eigenvalue weighted by Gasteiger charge is -2.23. The zero-order valence-electron chi connectivity index (χ0n) is 11.1. The molecule has 1 amide bonds. The summed E-state index contributed by atoms with van der Waals surface area (Å²) in [6.07, 6.45) is 0.845. The van der Waals surface area contributed by atoms with E-state index >= 15 is 0 Å². The van der Waals surface area contributed by atoms with Crippen LogP contribution in [0.1, 0.15) is 40.5 Å². The van der Waals surface area contributed by atoms with Crippen LogP contribution in [0.4, 0.5) is 0 Å². The predicted molar refractivity (Wildman–Crippen MR) is 66.2 cm³/mol. The van der Waals surface area contributed by atoms with Crippen molar-refractivity contribution in [2.24, 2.45) is 5.41 Å². The number of carbonyl (C=O) groups is 1. The summed E-state index contributed by atoms with van der Waals surface area (Å²) in [7, 11) is 1.63. The first kappa shape index (κ1) is 15.4. The van der Waals surface area contributed by atoms with Gasteiger partial charge in [0.1, 0.15) is 0 Å². The van der Waals surface area contributed by atoms with Gasteiger partial charge in [-0.05, 0) is 18.8 Å². The summed E-state index contributed by atoms with van der Waals surface area (Å²) in [4.78, 5) is 11.1. The maximum atomic E-state index is 11.1. The third-order valence-corrected chi connectivity index (χ3v) is 2.32. The molecule has 0 saturated carbocycles. The highest BCUT2D eigenvalue weighted by atomic mass is 16.3. The lowest BCUT2D eigenvalue weighted by Crippen LogP contribution is -2.38. The molecule has 3 N–H and O–H groups in total. The largest absolute Gasteiger partial charge is 0.392 e. The molecule has 0 aliphatic rings. The summed E-state index contributed by atoms with van der Waals surface area (Å²) in [5.74, 6) is 0.0188. The normalized spacial score (nSPS) is 15.6. The highest BCUT2D eigenvalue weighted by molar-refractivity contribution is 5.76. The van der Waals surface area contributed by atoms with Gasteiger partial charge in [0.25, 0.3) is 0 Å². The zero-order valence-corrected chi connectivity index (χ0v) is 11.1. The minimum absolute atomic E-state index is 0.0188. The monoisotopic (exact) mass is 230 g/mol. The van der Waals surface area contributed by atoms with E-state index in [1.807, 2.05) is 6.92 Å². The molecule has 0 saturated heterocycles. The third-order valence-electron chi connectivity index (χ3n) is 2.32. The number of hydrogen-bond acceptors (Lipinski definition) is 3. The number of aliphatic hydroxyl groups is 1. The topological polar surface area (TPSA) is 61.4 Å². The number of amides is 1. The molecule has 0 spiro atoms. The SMILES string of the molecule is CNC(=O)CC(C)NCC(O)CC(C)(C)C. The highest BCUT2D eigenvalue weighted by Crippen LogP contribution is 2.20. The van der Waals surface area contributed by atoms with Crippen LogP contribution in [0.5, 0.6) is 0 Å². The van der Waals surface area contributed by atoms with Crippen LogP contribution in [0.3, 0.4) is 0 Å². The molecule has 0 aromatic heterocycles. The van der Waals surface area contributed by atoms with Crippen molar-refractivity contribution >= 4 is 5.91 Å². The van der Waals surface area contributed by atoms with Gasteiger partial charge in [-0.2, -0.15) is 0 Å². The van der Waals surface area contributed by atoms with Crippen LogP contribution in [-0.4, -0.2) is 36.8 Å².